The van der Waals surface area contributed by atoms with E-state index >= 15 is 0 Å². The van der Waals surface area contributed by atoms with Crippen molar-refractivity contribution in [1.82, 2.24) is 0 Å². The summed E-state index contributed by atoms with van der Waals surface area (Å²) in [6.07, 6.45) is 0. The van der Waals surface area contributed by atoms with Gasteiger partial charge in [0.25, 0.3) is 0 Å². The highest BCUT2D eigenvalue weighted by Gasteiger charge is 2.15. The maximum atomic E-state index is 12.0. The van der Waals surface area contributed by atoms with E-state index in [1.807, 2.05) is 24.3 Å². The molecule has 0 saturated heterocycles. The minimum atomic E-state index is -0.475. The van der Waals surface area contributed by atoms with Gasteiger partial charge in [-0.05, 0) is 46.4 Å². The Hall–Kier alpha value is -1.81. The van der Waals surface area contributed by atoms with E-state index in [4.69, 9.17) is 4.74 Å². The van der Waals surface area contributed by atoms with E-state index in [1.165, 1.54) is 24.9 Å². The second-order valence-electron chi connectivity index (χ2n) is 4.78. The molecule has 0 atom stereocenters. The molecule has 2 rings (SSSR count). The summed E-state index contributed by atoms with van der Waals surface area (Å²) in [5.74, 6) is 0.895. The molecule has 24 heavy (non-hydrogen) atoms. The van der Waals surface area contributed by atoms with Crippen molar-refractivity contribution in [3.05, 3.63) is 61.7 Å². The summed E-state index contributed by atoms with van der Waals surface area (Å²) < 4.78 is 5.94. The molecule has 0 unspecified atom stereocenters. The third-order valence-corrected chi connectivity index (χ3v) is 5.03. The number of nitro groups is 1. The molecule has 6 nitrogen and oxygen atoms in total. The summed E-state index contributed by atoms with van der Waals surface area (Å²) >= 11 is 3.56. The van der Waals surface area contributed by atoms with Gasteiger partial charge in [0.05, 0.1) is 23.5 Å². The first-order chi connectivity index (χ1) is 11.5. The molecular formula is C16H15IN2O4S. The lowest BCUT2D eigenvalue weighted by Crippen LogP contribution is -2.14. The molecule has 1 amide bonds. The van der Waals surface area contributed by atoms with Gasteiger partial charge in [0.15, 0.2) is 5.75 Å². The quantitative estimate of drug-likeness (QED) is 0.384. The van der Waals surface area contributed by atoms with Gasteiger partial charge in [-0.25, -0.2) is 0 Å². The van der Waals surface area contributed by atoms with E-state index in [0.717, 1.165) is 14.8 Å². The van der Waals surface area contributed by atoms with Crippen molar-refractivity contribution in [3.63, 3.8) is 0 Å². The second kappa shape index (κ2) is 8.88. The van der Waals surface area contributed by atoms with E-state index in [1.54, 1.807) is 12.1 Å². The van der Waals surface area contributed by atoms with Gasteiger partial charge in [0.1, 0.15) is 0 Å². The minimum absolute atomic E-state index is 0.0705. The van der Waals surface area contributed by atoms with Gasteiger partial charge in [0.2, 0.25) is 5.91 Å². The number of nitrogens with zero attached hydrogens (tertiary/aromatic N) is 1. The highest BCUT2D eigenvalue weighted by molar-refractivity contribution is 14.1. The lowest BCUT2D eigenvalue weighted by molar-refractivity contribution is -0.385. The number of rotatable bonds is 7. The summed E-state index contributed by atoms with van der Waals surface area (Å²) in [6, 6.07) is 12.3. The second-order valence-corrected chi connectivity index (χ2v) is 6.93. The standard InChI is InChI=1S/C16H15IN2O4S/c1-23-15-7-6-11(8-14(15)19(21)22)9-24-10-16(20)18-13-5-3-2-4-12(13)17/h2-8H,9-10H2,1H3,(H,18,20). The zero-order valence-electron chi connectivity index (χ0n) is 12.8. The van der Waals surface area contributed by atoms with Crippen LogP contribution in [0.25, 0.3) is 0 Å². The predicted octanol–water partition coefficient (Wildman–Crippen LogP) is 4.08. The summed E-state index contributed by atoms with van der Waals surface area (Å²) in [5, 5.41) is 13.9. The summed E-state index contributed by atoms with van der Waals surface area (Å²) in [7, 11) is 1.39. The molecule has 2 aromatic rings. The molecule has 0 aliphatic heterocycles. The van der Waals surface area contributed by atoms with Crippen LogP contribution in [0.1, 0.15) is 5.56 Å². The Bertz CT molecular complexity index is 755. The molecule has 0 fully saturated rings. The molecule has 126 valence electrons. The van der Waals surface area contributed by atoms with Crippen LogP contribution in [0.4, 0.5) is 11.4 Å². The van der Waals surface area contributed by atoms with Gasteiger partial charge in [-0.15, -0.1) is 11.8 Å². The van der Waals surface area contributed by atoms with E-state index in [0.29, 0.717) is 5.75 Å². The first-order valence-corrected chi connectivity index (χ1v) is 9.18. The number of hydrogen-bond acceptors (Lipinski definition) is 5. The van der Waals surface area contributed by atoms with Crippen LogP contribution >= 0.6 is 34.4 Å². The maximum Gasteiger partial charge on any atom is 0.311 e. The number of amides is 1. The average molecular weight is 458 g/mol. The summed E-state index contributed by atoms with van der Waals surface area (Å²) in [5.41, 5.74) is 1.48. The fraction of sp³-hybridized carbons (Fsp3) is 0.188. The van der Waals surface area contributed by atoms with Gasteiger partial charge in [-0.2, -0.15) is 0 Å². The molecule has 8 heteroatoms. The zero-order valence-corrected chi connectivity index (χ0v) is 15.8. The molecule has 0 bridgehead atoms. The number of para-hydroxylation sites is 1. The zero-order chi connectivity index (χ0) is 17.5. The molecule has 0 aliphatic rings. The Morgan fingerprint density at radius 1 is 1.33 bits per heavy atom. The number of benzene rings is 2. The normalized spacial score (nSPS) is 10.2. The Morgan fingerprint density at radius 2 is 2.08 bits per heavy atom. The third kappa shape index (κ3) is 5.10. The van der Waals surface area contributed by atoms with Crippen molar-refractivity contribution in [2.75, 3.05) is 18.2 Å². The third-order valence-electron chi connectivity index (χ3n) is 3.09. The van der Waals surface area contributed by atoms with Gasteiger partial charge in [0, 0.05) is 15.4 Å². The molecule has 1 N–H and O–H groups in total. The first-order valence-electron chi connectivity index (χ1n) is 6.94. The number of hydrogen-bond donors (Lipinski definition) is 1. The van der Waals surface area contributed by atoms with E-state index in [-0.39, 0.29) is 23.1 Å². The molecule has 0 aromatic heterocycles. The van der Waals surface area contributed by atoms with Gasteiger partial charge >= 0.3 is 5.69 Å². The van der Waals surface area contributed by atoms with Crippen molar-refractivity contribution in [1.29, 1.82) is 0 Å². The average Bonchev–Trinajstić information content (AvgIpc) is 2.56. The van der Waals surface area contributed by atoms with Crippen molar-refractivity contribution >= 4 is 51.6 Å². The molecule has 0 aliphatic carbocycles. The van der Waals surface area contributed by atoms with Crippen LogP contribution in [-0.4, -0.2) is 23.7 Å². The van der Waals surface area contributed by atoms with E-state index in [2.05, 4.69) is 27.9 Å². The van der Waals surface area contributed by atoms with Crippen molar-refractivity contribution < 1.29 is 14.5 Å². The number of methoxy groups -OCH3 is 1. The van der Waals surface area contributed by atoms with E-state index < -0.39 is 4.92 Å². The van der Waals surface area contributed by atoms with Gasteiger partial charge in [-0.3, -0.25) is 14.9 Å². The fourth-order valence-electron chi connectivity index (χ4n) is 1.98. The number of carbonyl (C=O) groups is 1. The number of nitro benzene ring substituents is 1. The number of carbonyl (C=O) groups excluding carboxylic acids is 1. The number of nitrogens with one attached hydrogen (secondary N) is 1. The number of ether oxygens (including phenoxy) is 1. The monoisotopic (exact) mass is 458 g/mol. The first kappa shape index (κ1) is 18.5. The van der Waals surface area contributed by atoms with Crippen LogP contribution in [0, 0.1) is 13.7 Å². The van der Waals surface area contributed by atoms with Crippen LogP contribution in [0.5, 0.6) is 5.75 Å². The van der Waals surface area contributed by atoms with Crippen molar-refractivity contribution in [3.8, 4) is 5.75 Å². The molecule has 0 heterocycles. The molecule has 0 saturated carbocycles. The van der Waals surface area contributed by atoms with Crippen LogP contribution in [0.15, 0.2) is 42.5 Å². The fourth-order valence-corrected chi connectivity index (χ4v) is 3.28. The molecular weight excluding hydrogens is 443 g/mol. The van der Waals surface area contributed by atoms with E-state index in [9.17, 15) is 14.9 Å². The van der Waals surface area contributed by atoms with Crippen molar-refractivity contribution in [2.45, 2.75) is 5.75 Å². The Morgan fingerprint density at radius 3 is 2.75 bits per heavy atom. The lowest BCUT2D eigenvalue weighted by atomic mass is 10.2. The largest absolute Gasteiger partial charge is 0.490 e. The minimum Gasteiger partial charge on any atom is -0.490 e. The Labute approximate surface area is 157 Å². The topological polar surface area (TPSA) is 81.5 Å². The number of thioether (sulfide) groups is 1. The number of anilines is 1. The Kier molecular flexibility index (Phi) is 6.85. The molecule has 0 radical (unpaired) electrons. The van der Waals surface area contributed by atoms with Crippen molar-refractivity contribution in [2.24, 2.45) is 0 Å². The van der Waals surface area contributed by atoms with Crippen LogP contribution in [0.3, 0.4) is 0 Å². The molecule has 0 spiro atoms. The highest BCUT2D eigenvalue weighted by atomic mass is 127. The van der Waals surface area contributed by atoms with Crippen LogP contribution < -0.4 is 10.1 Å². The predicted molar refractivity (Wildman–Crippen MR) is 104 cm³/mol. The lowest BCUT2D eigenvalue weighted by Gasteiger charge is -2.07. The summed E-state index contributed by atoms with van der Waals surface area (Å²) in [4.78, 5) is 22.5. The SMILES string of the molecule is COc1ccc(CSCC(=O)Nc2ccccc2I)cc1[N+](=O)[O-]. The van der Waals surface area contributed by atoms with Gasteiger partial charge in [-0.1, -0.05) is 18.2 Å². The van der Waals surface area contributed by atoms with Crippen LogP contribution in [0.2, 0.25) is 0 Å². The highest BCUT2D eigenvalue weighted by Crippen LogP contribution is 2.29. The Balaban J connectivity index is 1.90. The number of halogens is 1. The van der Waals surface area contributed by atoms with Crippen LogP contribution in [-0.2, 0) is 10.5 Å². The summed E-state index contributed by atoms with van der Waals surface area (Å²) in [6.45, 7) is 0. The maximum absolute atomic E-state index is 12.0. The molecule has 2 aromatic carbocycles. The van der Waals surface area contributed by atoms with Gasteiger partial charge < -0.3 is 10.1 Å². The smallest absolute Gasteiger partial charge is 0.311 e.